The van der Waals surface area contributed by atoms with Crippen molar-refractivity contribution in [1.82, 2.24) is 10.3 Å². The molecular weight excluding hydrogens is 260 g/mol. The molecule has 0 bridgehead atoms. The summed E-state index contributed by atoms with van der Waals surface area (Å²) in [6.07, 6.45) is 2.43. The number of fused-ring (bicyclic) bond motifs is 1. The van der Waals surface area contributed by atoms with Crippen molar-refractivity contribution in [3.05, 3.63) is 36.0 Å². The van der Waals surface area contributed by atoms with Gasteiger partial charge in [-0.2, -0.15) is 0 Å². The molecule has 1 aromatic heterocycles. The highest BCUT2D eigenvalue weighted by Gasteiger charge is 2.51. The average Bonchev–Trinajstić information content (AvgIpc) is 2.50. The number of ether oxygens (including phenoxy) is 1. The number of benzene rings is 1. The molecule has 1 aromatic carbocycles. The number of nitrogens with zero attached hydrogens (tertiary/aromatic N) is 1. The minimum absolute atomic E-state index is 0.195. The maximum Gasteiger partial charge on any atom is 0.145 e. The van der Waals surface area contributed by atoms with Crippen molar-refractivity contribution in [2.24, 2.45) is 5.41 Å². The summed E-state index contributed by atoms with van der Waals surface area (Å²) in [7, 11) is 2.04. The Morgan fingerprint density at radius 1 is 1.33 bits per heavy atom. The van der Waals surface area contributed by atoms with Gasteiger partial charge in [-0.1, -0.05) is 32.0 Å². The molecule has 1 aliphatic rings. The number of nitrogens with one attached hydrogen (secondary N) is 1. The van der Waals surface area contributed by atoms with E-state index < -0.39 is 0 Å². The molecular formula is C18H24N2O. The van der Waals surface area contributed by atoms with Crippen LogP contribution in [0, 0.1) is 12.3 Å². The molecule has 3 heteroatoms. The third kappa shape index (κ3) is 2.30. The Morgan fingerprint density at radius 2 is 2.14 bits per heavy atom. The molecule has 0 amide bonds. The summed E-state index contributed by atoms with van der Waals surface area (Å²) in [5.74, 6) is 0.912. The first kappa shape index (κ1) is 14.3. The Kier molecular flexibility index (Phi) is 3.62. The van der Waals surface area contributed by atoms with Gasteiger partial charge in [0.25, 0.3) is 0 Å². The molecule has 1 fully saturated rings. The van der Waals surface area contributed by atoms with Gasteiger partial charge in [-0.25, -0.2) is 4.98 Å². The lowest BCUT2D eigenvalue weighted by molar-refractivity contribution is -0.0670. The lowest BCUT2D eigenvalue weighted by Crippen LogP contribution is -2.62. The van der Waals surface area contributed by atoms with E-state index >= 15 is 0 Å². The van der Waals surface area contributed by atoms with E-state index in [4.69, 9.17) is 4.74 Å². The fraction of sp³-hybridized carbons (Fsp3) is 0.500. The molecule has 3 unspecified atom stereocenters. The minimum atomic E-state index is 0.195. The minimum Gasteiger partial charge on any atom is -0.487 e. The van der Waals surface area contributed by atoms with Crippen LogP contribution >= 0.6 is 0 Å². The van der Waals surface area contributed by atoms with Crippen LogP contribution in [-0.2, 0) is 0 Å². The fourth-order valence-corrected chi connectivity index (χ4v) is 3.39. The molecule has 0 radical (unpaired) electrons. The van der Waals surface area contributed by atoms with Crippen LogP contribution in [0.5, 0.6) is 5.75 Å². The molecule has 112 valence electrons. The zero-order valence-electron chi connectivity index (χ0n) is 13.3. The number of rotatable bonds is 4. The summed E-state index contributed by atoms with van der Waals surface area (Å²) >= 11 is 0. The average molecular weight is 284 g/mol. The number of aromatic nitrogens is 1. The zero-order chi connectivity index (χ0) is 15.0. The van der Waals surface area contributed by atoms with Crippen molar-refractivity contribution in [3.63, 3.8) is 0 Å². The second-order valence-corrected chi connectivity index (χ2v) is 6.32. The van der Waals surface area contributed by atoms with E-state index in [1.54, 1.807) is 0 Å². The van der Waals surface area contributed by atoms with Gasteiger partial charge in [-0.05, 0) is 32.5 Å². The Hall–Kier alpha value is -1.61. The highest BCUT2D eigenvalue weighted by molar-refractivity contribution is 5.84. The van der Waals surface area contributed by atoms with Gasteiger partial charge in [0.1, 0.15) is 17.4 Å². The lowest BCUT2D eigenvalue weighted by atomic mass is 9.61. The molecule has 2 aromatic rings. The molecule has 0 spiro atoms. The zero-order valence-corrected chi connectivity index (χ0v) is 13.3. The number of hydrogen-bond acceptors (Lipinski definition) is 3. The monoisotopic (exact) mass is 284 g/mol. The van der Waals surface area contributed by atoms with E-state index in [0.29, 0.717) is 6.04 Å². The Morgan fingerprint density at radius 3 is 2.86 bits per heavy atom. The maximum atomic E-state index is 6.35. The number of aryl methyl sites for hydroxylation is 1. The first-order valence-electron chi connectivity index (χ1n) is 7.78. The third-order valence-electron chi connectivity index (χ3n) is 5.18. The Balaban J connectivity index is 1.91. The Bertz CT molecular complexity index is 655. The van der Waals surface area contributed by atoms with Gasteiger partial charge in [-0.15, -0.1) is 0 Å². The predicted octanol–water partition coefficient (Wildman–Crippen LogP) is 3.70. The maximum absolute atomic E-state index is 6.35. The van der Waals surface area contributed by atoms with Gasteiger partial charge >= 0.3 is 0 Å². The van der Waals surface area contributed by atoms with Gasteiger partial charge < -0.3 is 10.1 Å². The molecule has 1 saturated carbocycles. The number of pyridine rings is 1. The molecule has 0 saturated heterocycles. The smallest absolute Gasteiger partial charge is 0.145 e. The van der Waals surface area contributed by atoms with Crippen molar-refractivity contribution >= 4 is 10.9 Å². The topological polar surface area (TPSA) is 34.1 Å². The Labute approximate surface area is 126 Å². The van der Waals surface area contributed by atoms with Gasteiger partial charge in [-0.3, -0.25) is 0 Å². The van der Waals surface area contributed by atoms with Crippen molar-refractivity contribution in [1.29, 1.82) is 0 Å². The van der Waals surface area contributed by atoms with Crippen LogP contribution in [0.3, 0.4) is 0 Å². The summed E-state index contributed by atoms with van der Waals surface area (Å²) < 4.78 is 6.35. The van der Waals surface area contributed by atoms with Crippen molar-refractivity contribution < 1.29 is 4.74 Å². The number of hydrogen-bond donors (Lipinski definition) is 1. The molecule has 3 rings (SSSR count). The molecule has 1 heterocycles. The van der Waals surface area contributed by atoms with Gasteiger partial charge in [0, 0.05) is 29.0 Å². The van der Waals surface area contributed by atoms with E-state index in [-0.39, 0.29) is 11.5 Å². The van der Waals surface area contributed by atoms with Crippen LogP contribution in [0.15, 0.2) is 30.3 Å². The number of para-hydroxylation sites is 1. The van der Waals surface area contributed by atoms with Crippen molar-refractivity contribution in [2.45, 2.75) is 45.8 Å². The van der Waals surface area contributed by atoms with Crippen LogP contribution < -0.4 is 10.1 Å². The molecule has 1 aliphatic carbocycles. The second kappa shape index (κ2) is 5.30. The predicted molar refractivity (Wildman–Crippen MR) is 86.8 cm³/mol. The molecule has 0 aliphatic heterocycles. The van der Waals surface area contributed by atoms with E-state index in [0.717, 1.165) is 35.2 Å². The molecule has 3 atom stereocenters. The SMILES string of the molecule is CCC1(C)C(NC)CC1Oc1cccc2ccc(C)nc12. The summed E-state index contributed by atoms with van der Waals surface area (Å²) in [5.41, 5.74) is 2.20. The van der Waals surface area contributed by atoms with Crippen molar-refractivity contribution in [2.75, 3.05) is 7.05 Å². The van der Waals surface area contributed by atoms with Crippen LogP contribution in [-0.4, -0.2) is 24.2 Å². The normalized spacial score (nSPS) is 28.4. The summed E-state index contributed by atoms with van der Waals surface area (Å²) in [5, 5.41) is 4.55. The molecule has 21 heavy (non-hydrogen) atoms. The highest BCUT2D eigenvalue weighted by atomic mass is 16.5. The quantitative estimate of drug-likeness (QED) is 0.929. The van der Waals surface area contributed by atoms with E-state index in [1.165, 1.54) is 0 Å². The lowest BCUT2D eigenvalue weighted by Gasteiger charge is -2.53. The first-order valence-corrected chi connectivity index (χ1v) is 7.78. The van der Waals surface area contributed by atoms with Crippen LogP contribution in [0.2, 0.25) is 0 Å². The fourth-order valence-electron chi connectivity index (χ4n) is 3.39. The largest absolute Gasteiger partial charge is 0.487 e. The van der Waals surface area contributed by atoms with Crippen LogP contribution in [0.25, 0.3) is 10.9 Å². The highest BCUT2D eigenvalue weighted by Crippen LogP contribution is 2.46. The first-order chi connectivity index (χ1) is 10.1. The van der Waals surface area contributed by atoms with Gasteiger partial charge in [0.15, 0.2) is 0 Å². The van der Waals surface area contributed by atoms with Crippen LogP contribution in [0.4, 0.5) is 0 Å². The van der Waals surface area contributed by atoms with Gasteiger partial charge in [0.2, 0.25) is 0 Å². The summed E-state index contributed by atoms with van der Waals surface area (Å²) in [4.78, 5) is 4.66. The van der Waals surface area contributed by atoms with Crippen LogP contribution in [0.1, 0.15) is 32.4 Å². The summed E-state index contributed by atoms with van der Waals surface area (Å²) in [6, 6.07) is 10.9. The molecule has 1 N–H and O–H groups in total. The summed E-state index contributed by atoms with van der Waals surface area (Å²) in [6.45, 7) is 6.57. The van der Waals surface area contributed by atoms with Crippen molar-refractivity contribution in [3.8, 4) is 5.75 Å². The molecule has 3 nitrogen and oxygen atoms in total. The van der Waals surface area contributed by atoms with E-state index in [9.17, 15) is 0 Å². The standard InChI is InChI=1S/C18H24N2O/c1-5-18(3)15(19-4)11-16(18)21-14-8-6-7-13-10-9-12(2)20-17(13)14/h6-10,15-16,19H,5,11H2,1-4H3. The third-order valence-corrected chi connectivity index (χ3v) is 5.18. The van der Waals surface area contributed by atoms with E-state index in [2.05, 4.69) is 36.3 Å². The van der Waals surface area contributed by atoms with E-state index in [1.807, 2.05) is 32.2 Å². The second-order valence-electron chi connectivity index (χ2n) is 6.32. The van der Waals surface area contributed by atoms with Gasteiger partial charge in [0.05, 0.1) is 0 Å².